The fraction of sp³-hybridized carbons (Fsp3) is 0.533. The van der Waals surface area contributed by atoms with Crippen LogP contribution in [0.4, 0.5) is 0 Å². The van der Waals surface area contributed by atoms with Crippen LogP contribution in [0.25, 0.3) is 0 Å². The van der Waals surface area contributed by atoms with Crippen LogP contribution in [0.5, 0.6) is 0 Å². The number of likely N-dealkylation sites (N-methyl/N-ethyl adjacent to an activating group) is 1. The molecule has 0 spiro atoms. The maximum atomic E-state index is 11.7. The zero-order valence-electron chi connectivity index (χ0n) is 12.2. The summed E-state index contributed by atoms with van der Waals surface area (Å²) < 4.78 is 0. The van der Waals surface area contributed by atoms with Gasteiger partial charge in [0, 0.05) is 20.1 Å². The number of amides is 1. The molecule has 19 heavy (non-hydrogen) atoms. The molecule has 1 aromatic rings. The van der Waals surface area contributed by atoms with Crippen molar-refractivity contribution in [2.24, 2.45) is 5.73 Å². The van der Waals surface area contributed by atoms with Crippen molar-refractivity contribution in [3.63, 3.8) is 0 Å². The minimum Gasteiger partial charge on any atom is -0.382 e. The van der Waals surface area contributed by atoms with Crippen molar-refractivity contribution in [1.82, 2.24) is 4.90 Å². The summed E-state index contributed by atoms with van der Waals surface area (Å²) in [5.74, 6) is -0.345. The summed E-state index contributed by atoms with van der Waals surface area (Å²) in [4.78, 5) is 13.2. The van der Waals surface area contributed by atoms with Crippen LogP contribution in [0.2, 0.25) is 0 Å². The van der Waals surface area contributed by atoms with E-state index in [-0.39, 0.29) is 17.9 Å². The van der Waals surface area contributed by atoms with Gasteiger partial charge >= 0.3 is 0 Å². The lowest BCUT2D eigenvalue weighted by Gasteiger charge is -2.22. The van der Waals surface area contributed by atoms with Crippen molar-refractivity contribution in [1.29, 1.82) is 0 Å². The molecule has 1 aromatic carbocycles. The van der Waals surface area contributed by atoms with Gasteiger partial charge in [-0.2, -0.15) is 0 Å². The van der Waals surface area contributed by atoms with Crippen molar-refractivity contribution in [3.05, 3.63) is 35.4 Å². The first-order valence-electron chi connectivity index (χ1n) is 6.48. The molecule has 4 nitrogen and oxygen atoms in total. The molecule has 1 rings (SSSR count). The highest BCUT2D eigenvalue weighted by Crippen LogP contribution is 2.22. The first kappa shape index (κ1) is 15.7. The van der Waals surface area contributed by atoms with Gasteiger partial charge in [-0.15, -0.1) is 0 Å². The molecule has 0 bridgehead atoms. The van der Waals surface area contributed by atoms with E-state index >= 15 is 0 Å². The molecule has 0 saturated carbocycles. The molecule has 0 aliphatic carbocycles. The SMILES string of the molecule is CN(Cc1ccc(C(C)(C)C)cc1)C(=O)C(O)CN. The summed E-state index contributed by atoms with van der Waals surface area (Å²) in [6.45, 7) is 6.91. The standard InChI is InChI=1S/C15H24N2O2/c1-15(2,3)12-7-5-11(6-8-12)10-17(4)14(19)13(18)9-16/h5-8,13,18H,9-10,16H2,1-4H3. The number of carbonyl (C=O) groups is 1. The third-order valence-corrected chi connectivity index (χ3v) is 3.12. The second-order valence-electron chi connectivity index (χ2n) is 5.89. The smallest absolute Gasteiger partial charge is 0.252 e. The monoisotopic (exact) mass is 264 g/mol. The molecule has 106 valence electrons. The predicted octanol–water partition coefficient (Wildman–Crippen LogP) is 1.26. The Hall–Kier alpha value is -1.39. The van der Waals surface area contributed by atoms with Crippen molar-refractivity contribution in [2.75, 3.05) is 13.6 Å². The summed E-state index contributed by atoms with van der Waals surface area (Å²) in [6.07, 6.45) is -1.11. The Kier molecular flexibility index (Phi) is 5.09. The van der Waals surface area contributed by atoms with E-state index in [1.165, 1.54) is 10.5 Å². The Labute approximate surface area is 115 Å². The number of nitrogens with zero attached hydrogens (tertiary/aromatic N) is 1. The van der Waals surface area contributed by atoms with Crippen LogP contribution in [-0.4, -0.2) is 35.6 Å². The summed E-state index contributed by atoms with van der Waals surface area (Å²) >= 11 is 0. The third kappa shape index (κ3) is 4.33. The largest absolute Gasteiger partial charge is 0.382 e. The summed E-state index contributed by atoms with van der Waals surface area (Å²) in [5, 5.41) is 9.41. The number of rotatable bonds is 4. The number of hydrogen-bond acceptors (Lipinski definition) is 3. The summed E-state index contributed by atoms with van der Waals surface area (Å²) in [7, 11) is 1.67. The number of nitrogens with two attached hydrogens (primary N) is 1. The number of carbonyl (C=O) groups excluding carboxylic acids is 1. The molecule has 0 heterocycles. The molecular formula is C15H24N2O2. The van der Waals surface area contributed by atoms with Gasteiger partial charge in [0.1, 0.15) is 6.10 Å². The van der Waals surface area contributed by atoms with Crippen LogP contribution < -0.4 is 5.73 Å². The van der Waals surface area contributed by atoms with E-state index in [1.807, 2.05) is 12.1 Å². The van der Waals surface area contributed by atoms with Gasteiger partial charge in [0.05, 0.1) is 0 Å². The lowest BCUT2D eigenvalue weighted by molar-refractivity contribution is -0.138. The van der Waals surface area contributed by atoms with E-state index in [1.54, 1.807) is 7.05 Å². The Morgan fingerprint density at radius 3 is 2.26 bits per heavy atom. The zero-order valence-corrected chi connectivity index (χ0v) is 12.2. The van der Waals surface area contributed by atoms with Crippen molar-refractivity contribution >= 4 is 5.91 Å². The number of aliphatic hydroxyl groups is 1. The van der Waals surface area contributed by atoms with Gasteiger partial charge in [-0.1, -0.05) is 45.0 Å². The van der Waals surface area contributed by atoms with Gasteiger partial charge in [0.2, 0.25) is 0 Å². The van der Waals surface area contributed by atoms with Crippen LogP contribution in [0.15, 0.2) is 24.3 Å². The van der Waals surface area contributed by atoms with Crippen molar-refractivity contribution < 1.29 is 9.90 Å². The molecule has 0 fully saturated rings. The van der Waals surface area contributed by atoms with E-state index in [0.29, 0.717) is 6.54 Å². The average Bonchev–Trinajstić information content (AvgIpc) is 2.36. The first-order chi connectivity index (χ1) is 8.75. The second-order valence-corrected chi connectivity index (χ2v) is 5.89. The Bertz CT molecular complexity index is 421. The molecular weight excluding hydrogens is 240 g/mol. The molecule has 0 aromatic heterocycles. The molecule has 0 aliphatic rings. The highest BCUT2D eigenvalue weighted by molar-refractivity contribution is 5.80. The summed E-state index contributed by atoms with van der Waals surface area (Å²) in [6, 6.07) is 8.18. The maximum absolute atomic E-state index is 11.7. The van der Waals surface area contributed by atoms with Crippen LogP contribution in [0.3, 0.4) is 0 Å². The quantitative estimate of drug-likeness (QED) is 0.860. The molecule has 1 unspecified atom stereocenters. The molecule has 0 radical (unpaired) electrons. The third-order valence-electron chi connectivity index (χ3n) is 3.12. The molecule has 1 amide bonds. The lowest BCUT2D eigenvalue weighted by atomic mass is 9.87. The molecule has 1 atom stereocenters. The Balaban J connectivity index is 2.71. The number of benzene rings is 1. The fourth-order valence-electron chi connectivity index (χ4n) is 1.82. The molecule has 3 N–H and O–H groups in total. The van der Waals surface area contributed by atoms with Crippen LogP contribution in [-0.2, 0) is 16.8 Å². The topological polar surface area (TPSA) is 66.6 Å². The van der Waals surface area contributed by atoms with E-state index < -0.39 is 6.10 Å². The van der Waals surface area contributed by atoms with E-state index in [0.717, 1.165) is 5.56 Å². The van der Waals surface area contributed by atoms with Crippen LogP contribution >= 0.6 is 0 Å². The van der Waals surface area contributed by atoms with Gasteiger partial charge in [0.25, 0.3) is 5.91 Å². The average molecular weight is 264 g/mol. The zero-order chi connectivity index (χ0) is 14.6. The lowest BCUT2D eigenvalue weighted by Crippen LogP contribution is -2.40. The highest BCUT2D eigenvalue weighted by Gasteiger charge is 2.18. The van der Waals surface area contributed by atoms with Crippen LogP contribution in [0.1, 0.15) is 31.9 Å². The second kappa shape index (κ2) is 6.17. The van der Waals surface area contributed by atoms with E-state index in [9.17, 15) is 9.90 Å². The van der Waals surface area contributed by atoms with Gasteiger partial charge in [0.15, 0.2) is 0 Å². The van der Waals surface area contributed by atoms with Crippen molar-refractivity contribution in [2.45, 2.75) is 38.8 Å². The Morgan fingerprint density at radius 2 is 1.84 bits per heavy atom. The number of hydrogen-bond donors (Lipinski definition) is 2. The van der Waals surface area contributed by atoms with E-state index in [2.05, 4.69) is 32.9 Å². The van der Waals surface area contributed by atoms with Gasteiger partial charge < -0.3 is 15.7 Å². The minimum atomic E-state index is -1.11. The first-order valence-corrected chi connectivity index (χ1v) is 6.48. The molecule has 0 aliphatic heterocycles. The van der Waals surface area contributed by atoms with Gasteiger partial charge in [-0.3, -0.25) is 4.79 Å². The van der Waals surface area contributed by atoms with E-state index in [4.69, 9.17) is 5.73 Å². The molecule has 0 saturated heterocycles. The fourth-order valence-corrected chi connectivity index (χ4v) is 1.82. The minimum absolute atomic E-state index is 0.0495. The van der Waals surface area contributed by atoms with Gasteiger partial charge in [-0.25, -0.2) is 0 Å². The van der Waals surface area contributed by atoms with Gasteiger partial charge in [-0.05, 0) is 16.5 Å². The maximum Gasteiger partial charge on any atom is 0.252 e. The number of aliphatic hydroxyl groups excluding tert-OH is 1. The Morgan fingerprint density at radius 1 is 1.32 bits per heavy atom. The van der Waals surface area contributed by atoms with Crippen molar-refractivity contribution in [3.8, 4) is 0 Å². The summed E-state index contributed by atoms with van der Waals surface area (Å²) in [5.41, 5.74) is 7.69. The predicted molar refractivity (Wildman–Crippen MR) is 76.7 cm³/mol. The van der Waals surface area contributed by atoms with Crippen LogP contribution in [0, 0.1) is 0 Å². The normalized spacial score (nSPS) is 13.2. The highest BCUT2D eigenvalue weighted by atomic mass is 16.3. The molecule has 4 heteroatoms.